The van der Waals surface area contributed by atoms with Gasteiger partial charge < -0.3 is 5.32 Å². The number of hydrogen-bond acceptors (Lipinski definition) is 2. The van der Waals surface area contributed by atoms with E-state index in [2.05, 4.69) is 21.2 Å². The molecule has 19 heavy (non-hydrogen) atoms. The van der Waals surface area contributed by atoms with E-state index in [0.29, 0.717) is 12.1 Å². The monoisotopic (exact) mass is 341 g/mol. The molecular weight excluding hydrogens is 329 g/mol. The molecular formula is C14H13BrFNOS. The van der Waals surface area contributed by atoms with Gasteiger partial charge in [0.05, 0.1) is 10.2 Å². The number of carbonyl (C=O) groups is 1. The van der Waals surface area contributed by atoms with Crippen LogP contribution in [0.3, 0.4) is 0 Å². The first-order chi connectivity index (χ1) is 9.15. The Hall–Kier alpha value is -1.20. The molecule has 0 aliphatic carbocycles. The van der Waals surface area contributed by atoms with E-state index < -0.39 is 0 Å². The van der Waals surface area contributed by atoms with Crippen LogP contribution in [0.5, 0.6) is 0 Å². The number of nitrogens with one attached hydrogen (secondary N) is 1. The normalized spacial score (nSPS) is 10.4. The van der Waals surface area contributed by atoms with Gasteiger partial charge in [-0.1, -0.05) is 18.2 Å². The molecule has 0 aliphatic rings. The number of amides is 1. The summed E-state index contributed by atoms with van der Waals surface area (Å²) in [5.74, 6) is -0.486. The summed E-state index contributed by atoms with van der Waals surface area (Å²) in [5.41, 5.74) is 0.430. The Kier molecular flexibility index (Phi) is 5.10. The number of rotatable bonds is 5. The summed E-state index contributed by atoms with van der Waals surface area (Å²) in [6.07, 6.45) is 0.875. The van der Waals surface area contributed by atoms with Crippen molar-refractivity contribution in [3.63, 3.8) is 0 Å². The Morgan fingerprint density at radius 2 is 2.05 bits per heavy atom. The lowest BCUT2D eigenvalue weighted by Gasteiger charge is -2.05. The summed E-state index contributed by atoms with van der Waals surface area (Å²) < 4.78 is 14.4. The average Bonchev–Trinajstić information content (AvgIpc) is 2.78. The molecule has 0 aliphatic heterocycles. The molecule has 2 rings (SSSR count). The summed E-state index contributed by atoms with van der Waals surface area (Å²) in [7, 11) is 0. The SMILES string of the molecule is O=C(Cc1ccccc1F)NCCc1ccc(Br)s1. The third-order valence-electron chi connectivity index (χ3n) is 2.63. The largest absolute Gasteiger partial charge is 0.355 e. The molecule has 0 bridgehead atoms. The maximum Gasteiger partial charge on any atom is 0.224 e. The minimum atomic E-state index is -0.333. The molecule has 0 spiro atoms. The Labute approximate surface area is 123 Å². The van der Waals surface area contributed by atoms with Crippen LogP contribution in [0.1, 0.15) is 10.4 Å². The second-order valence-electron chi connectivity index (χ2n) is 4.07. The number of thiophene rings is 1. The number of hydrogen-bond donors (Lipinski definition) is 1. The third-order valence-corrected chi connectivity index (χ3v) is 4.31. The van der Waals surface area contributed by atoms with Gasteiger partial charge in [0.2, 0.25) is 5.91 Å². The molecule has 0 saturated heterocycles. The predicted molar refractivity (Wildman–Crippen MR) is 78.8 cm³/mol. The Bertz CT molecular complexity index is 570. The predicted octanol–water partition coefficient (Wildman–Crippen LogP) is 3.55. The second-order valence-corrected chi connectivity index (χ2v) is 6.62. The van der Waals surface area contributed by atoms with Gasteiger partial charge >= 0.3 is 0 Å². The molecule has 0 unspecified atom stereocenters. The van der Waals surface area contributed by atoms with Gasteiger partial charge in [-0.2, -0.15) is 0 Å². The quantitative estimate of drug-likeness (QED) is 0.885. The lowest BCUT2D eigenvalue weighted by atomic mass is 10.1. The molecule has 0 fully saturated rings. The average molecular weight is 342 g/mol. The van der Waals surface area contributed by atoms with Crippen LogP contribution < -0.4 is 5.32 Å². The van der Waals surface area contributed by atoms with Crippen LogP contribution in [0, 0.1) is 5.82 Å². The zero-order valence-corrected chi connectivity index (χ0v) is 12.6. The smallest absolute Gasteiger partial charge is 0.224 e. The molecule has 1 heterocycles. The highest BCUT2D eigenvalue weighted by Gasteiger charge is 2.07. The number of halogens is 2. The summed E-state index contributed by atoms with van der Waals surface area (Å²) in [4.78, 5) is 12.9. The topological polar surface area (TPSA) is 29.1 Å². The van der Waals surface area contributed by atoms with E-state index in [4.69, 9.17) is 0 Å². The zero-order chi connectivity index (χ0) is 13.7. The van der Waals surface area contributed by atoms with E-state index in [1.807, 2.05) is 12.1 Å². The van der Waals surface area contributed by atoms with Crippen LogP contribution in [0.25, 0.3) is 0 Å². The van der Waals surface area contributed by atoms with Crippen molar-refractivity contribution in [2.24, 2.45) is 0 Å². The highest BCUT2D eigenvalue weighted by molar-refractivity contribution is 9.11. The molecule has 100 valence electrons. The molecule has 0 atom stereocenters. The molecule has 1 N–H and O–H groups in total. The molecule has 2 aromatic rings. The van der Waals surface area contributed by atoms with Gasteiger partial charge in [-0.25, -0.2) is 4.39 Å². The van der Waals surface area contributed by atoms with E-state index in [0.717, 1.165) is 10.2 Å². The van der Waals surface area contributed by atoms with Crippen LogP contribution in [-0.2, 0) is 17.6 Å². The van der Waals surface area contributed by atoms with Crippen molar-refractivity contribution in [3.05, 3.63) is 56.4 Å². The lowest BCUT2D eigenvalue weighted by molar-refractivity contribution is -0.120. The van der Waals surface area contributed by atoms with Gasteiger partial charge in [-0.05, 0) is 46.1 Å². The van der Waals surface area contributed by atoms with E-state index >= 15 is 0 Å². The van der Waals surface area contributed by atoms with Crippen molar-refractivity contribution in [1.82, 2.24) is 5.32 Å². The van der Waals surface area contributed by atoms with Crippen LogP contribution in [-0.4, -0.2) is 12.5 Å². The van der Waals surface area contributed by atoms with Gasteiger partial charge in [-0.3, -0.25) is 4.79 Å². The van der Waals surface area contributed by atoms with Crippen LogP contribution in [0.2, 0.25) is 0 Å². The minimum absolute atomic E-state index is 0.0841. The molecule has 2 nitrogen and oxygen atoms in total. The molecule has 1 aromatic heterocycles. The van der Waals surface area contributed by atoms with E-state index in [1.165, 1.54) is 10.9 Å². The Morgan fingerprint density at radius 3 is 2.74 bits per heavy atom. The van der Waals surface area contributed by atoms with Crippen LogP contribution >= 0.6 is 27.3 Å². The Balaban J connectivity index is 1.77. The van der Waals surface area contributed by atoms with Crippen molar-refractivity contribution < 1.29 is 9.18 Å². The molecule has 0 saturated carbocycles. The first-order valence-corrected chi connectivity index (χ1v) is 7.50. The fourth-order valence-corrected chi connectivity index (χ4v) is 3.17. The van der Waals surface area contributed by atoms with Gasteiger partial charge in [0.1, 0.15) is 5.82 Å². The maximum absolute atomic E-state index is 13.4. The highest BCUT2D eigenvalue weighted by atomic mass is 79.9. The minimum Gasteiger partial charge on any atom is -0.355 e. The van der Waals surface area contributed by atoms with Crippen molar-refractivity contribution >= 4 is 33.2 Å². The number of carbonyl (C=O) groups excluding carboxylic acids is 1. The summed E-state index contributed by atoms with van der Waals surface area (Å²) >= 11 is 5.05. The highest BCUT2D eigenvalue weighted by Crippen LogP contribution is 2.22. The molecule has 1 amide bonds. The molecule has 1 aromatic carbocycles. The van der Waals surface area contributed by atoms with E-state index in [1.54, 1.807) is 29.5 Å². The van der Waals surface area contributed by atoms with Crippen LogP contribution in [0.4, 0.5) is 4.39 Å². The van der Waals surface area contributed by atoms with Gasteiger partial charge in [0.25, 0.3) is 0 Å². The summed E-state index contributed by atoms with van der Waals surface area (Å²) in [6.45, 7) is 0.570. The van der Waals surface area contributed by atoms with Crippen molar-refractivity contribution in [2.45, 2.75) is 12.8 Å². The molecule has 5 heteroatoms. The first kappa shape index (κ1) is 14.2. The van der Waals surface area contributed by atoms with E-state index in [9.17, 15) is 9.18 Å². The van der Waals surface area contributed by atoms with Crippen molar-refractivity contribution in [1.29, 1.82) is 0 Å². The van der Waals surface area contributed by atoms with Crippen molar-refractivity contribution in [3.8, 4) is 0 Å². The molecule has 0 radical (unpaired) electrons. The standard InChI is InChI=1S/C14H13BrFNOS/c15-13-6-5-11(19-13)7-8-17-14(18)9-10-3-1-2-4-12(10)16/h1-6H,7-9H2,(H,17,18). The Morgan fingerprint density at radius 1 is 1.26 bits per heavy atom. The fourth-order valence-electron chi connectivity index (χ4n) is 1.69. The maximum atomic E-state index is 13.4. The summed E-state index contributed by atoms with van der Waals surface area (Å²) in [5, 5.41) is 2.80. The van der Waals surface area contributed by atoms with E-state index in [-0.39, 0.29) is 18.1 Å². The number of benzene rings is 1. The van der Waals surface area contributed by atoms with Gasteiger partial charge in [0.15, 0.2) is 0 Å². The van der Waals surface area contributed by atoms with Gasteiger partial charge in [0, 0.05) is 11.4 Å². The van der Waals surface area contributed by atoms with Crippen LogP contribution in [0.15, 0.2) is 40.2 Å². The van der Waals surface area contributed by atoms with Gasteiger partial charge in [-0.15, -0.1) is 11.3 Å². The zero-order valence-electron chi connectivity index (χ0n) is 10.2. The van der Waals surface area contributed by atoms with Crippen molar-refractivity contribution in [2.75, 3.05) is 6.54 Å². The summed E-state index contributed by atoms with van der Waals surface area (Å²) in [6, 6.07) is 10.4. The fraction of sp³-hybridized carbons (Fsp3) is 0.214. The lowest BCUT2D eigenvalue weighted by Crippen LogP contribution is -2.27. The third kappa shape index (κ3) is 4.44. The first-order valence-electron chi connectivity index (χ1n) is 5.89. The second kappa shape index (κ2) is 6.82.